The third kappa shape index (κ3) is 3.84. The van der Waals surface area contributed by atoms with Crippen LogP contribution in [0.5, 0.6) is 0 Å². The maximum absolute atomic E-state index is 13.4. The number of aromatic nitrogens is 3. The molecule has 8 heteroatoms. The molecule has 7 nitrogen and oxygen atoms in total. The number of carbonyl (C=O) groups excluding carboxylic acids is 1. The van der Waals surface area contributed by atoms with Gasteiger partial charge in [0, 0.05) is 24.8 Å². The van der Waals surface area contributed by atoms with Gasteiger partial charge in [0.2, 0.25) is 11.9 Å². The fourth-order valence-corrected chi connectivity index (χ4v) is 5.41. The second kappa shape index (κ2) is 8.42. The zero-order chi connectivity index (χ0) is 21.4. The molecule has 1 saturated heterocycles. The van der Waals surface area contributed by atoms with Gasteiger partial charge >= 0.3 is 0 Å². The maximum Gasteiger partial charge on any atom is 0.240 e. The third-order valence-electron chi connectivity index (χ3n) is 6.05. The van der Waals surface area contributed by atoms with E-state index in [1.807, 2.05) is 42.2 Å². The van der Waals surface area contributed by atoms with Crippen molar-refractivity contribution in [2.75, 3.05) is 22.9 Å². The third-order valence-corrected chi connectivity index (χ3v) is 7.12. The molecular weight excluding hydrogens is 410 g/mol. The molecule has 4 heterocycles. The SMILES string of the molecule is C[C@@H]1Cc2ccccc2N1C(=O)[C@@H](C)Sc1nnc(N2CCCC2)n1Cc1ccco1. The molecule has 2 aromatic heterocycles. The zero-order valence-electron chi connectivity index (χ0n) is 17.9. The van der Waals surface area contributed by atoms with Crippen molar-refractivity contribution in [3.05, 3.63) is 54.0 Å². The number of fused-ring (bicyclic) bond motifs is 1. The quantitative estimate of drug-likeness (QED) is 0.544. The largest absolute Gasteiger partial charge is 0.467 e. The van der Waals surface area contributed by atoms with E-state index in [1.165, 1.54) is 17.3 Å². The van der Waals surface area contributed by atoms with Gasteiger partial charge in [-0.2, -0.15) is 0 Å². The number of furan rings is 1. The summed E-state index contributed by atoms with van der Waals surface area (Å²) in [6, 6.07) is 12.2. The first-order valence-electron chi connectivity index (χ1n) is 10.9. The van der Waals surface area contributed by atoms with Gasteiger partial charge in [-0.15, -0.1) is 10.2 Å². The van der Waals surface area contributed by atoms with Gasteiger partial charge in [0.25, 0.3) is 0 Å². The Morgan fingerprint density at radius 3 is 2.77 bits per heavy atom. The highest BCUT2D eigenvalue weighted by molar-refractivity contribution is 8.00. The fourth-order valence-electron chi connectivity index (χ4n) is 4.52. The lowest BCUT2D eigenvalue weighted by atomic mass is 10.1. The first-order valence-corrected chi connectivity index (χ1v) is 11.8. The number of benzene rings is 1. The minimum Gasteiger partial charge on any atom is -0.467 e. The van der Waals surface area contributed by atoms with Gasteiger partial charge in [-0.25, -0.2) is 0 Å². The summed E-state index contributed by atoms with van der Waals surface area (Å²) in [6.45, 7) is 6.59. The second-order valence-corrected chi connectivity index (χ2v) is 9.60. The molecule has 2 atom stereocenters. The van der Waals surface area contributed by atoms with E-state index < -0.39 is 0 Å². The number of thioether (sulfide) groups is 1. The Hall–Kier alpha value is -2.74. The monoisotopic (exact) mass is 437 g/mol. The van der Waals surface area contributed by atoms with E-state index in [0.717, 1.165) is 54.9 Å². The highest BCUT2D eigenvalue weighted by Crippen LogP contribution is 2.35. The summed E-state index contributed by atoms with van der Waals surface area (Å²) in [5.74, 6) is 1.82. The molecular formula is C23H27N5O2S. The summed E-state index contributed by atoms with van der Waals surface area (Å²) >= 11 is 1.47. The number of amides is 1. The average Bonchev–Trinajstić information content (AvgIpc) is 3.55. The van der Waals surface area contributed by atoms with Gasteiger partial charge in [0.05, 0.1) is 18.1 Å². The predicted molar refractivity (Wildman–Crippen MR) is 122 cm³/mol. The summed E-state index contributed by atoms with van der Waals surface area (Å²) in [7, 11) is 0. The van der Waals surface area contributed by atoms with Crippen LogP contribution >= 0.6 is 11.8 Å². The number of para-hydroxylation sites is 1. The molecule has 2 aliphatic heterocycles. The van der Waals surface area contributed by atoms with E-state index in [1.54, 1.807) is 6.26 Å². The molecule has 0 N–H and O–H groups in total. The Kier molecular flexibility index (Phi) is 5.48. The Labute approximate surface area is 186 Å². The second-order valence-electron chi connectivity index (χ2n) is 8.29. The van der Waals surface area contributed by atoms with Gasteiger partial charge < -0.3 is 14.2 Å². The van der Waals surface area contributed by atoms with Crippen molar-refractivity contribution in [2.45, 2.75) is 56.1 Å². The molecule has 0 unspecified atom stereocenters. The van der Waals surface area contributed by atoms with E-state index in [2.05, 4.69) is 32.7 Å². The van der Waals surface area contributed by atoms with Crippen LogP contribution in [-0.2, 0) is 17.8 Å². The first-order chi connectivity index (χ1) is 15.1. The van der Waals surface area contributed by atoms with Crippen molar-refractivity contribution in [1.29, 1.82) is 0 Å². The molecule has 31 heavy (non-hydrogen) atoms. The van der Waals surface area contributed by atoms with Crippen LogP contribution in [0.3, 0.4) is 0 Å². The highest BCUT2D eigenvalue weighted by atomic mass is 32.2. The van der Waals surface area contributed by atoms with E-state index in [4.69, 9.17) is 4.42 Å². The molecule has 2 aliphatic rings. The molecule has 162 valence electrons. The van der Waals surface area contributed by atoms with Gasteiger partial charge in [-0.3, -0.25) is 9.36 Å². The molecule has 1 aromatic carbocycles. The molecule has 5 rings (SSSR count). The summed E-state index contributed by atoms with van der Waals surface area (Å²) in [5.41, 5.74) is 2.26. The fraction of sp³-hybridized carbons (Fsp3) is 0.435. The lowest BCUT2D eigenvalue weighted by Gasteiger charge is -2.26. The normalized spacial score (nSPS) is 19.1. The van der Waals surface area contributed by atoms with Crippen molar-refractivity contribution in [3.63, 3.8) is 0 Å². The van der Waals surface area contributed by atoms with Crippen LogP contribution in [0.15, 0.2) is 52.2 Å². The van der Waals surface area contributed by atoms with Crippen LogP contribution in [0.4, 0.5) is 11.6 Å². The number of nitrogens with zero attached hydrogens (tertiary/aromatic N) is 5. The molecule has 0 spiro atoms. The molecule has 1 fully saturated rings. The van der Waals surface area contributed by atoms with Crippen LogP contribution in [-0.4, -0.2) is 45.1 Å². The Morgan fingerprint density at radius 1 is 1.19 bits per heavy atom. The minimum atomic E-state index is -0.278. The van der Waals surface area contributed by atoms with Crippen molar-refractivity contribution >= 4 is 29.3 Å². The Balaban J connectivity index is 1.39. The maximum atomic E-state index is 13.4. The molecule has 0 bridgehead atoms. The number of hydrogen-bond acceptors (Lipinski definition) is 6. The van der Waals surface area contributed by atoms with E-state index in [0.29, 0.717) is 6.54 Å². The van der Waals surface area contributed by atoms with Crippen molar-refractivity contribution < 1.29 is 9.21 Å². The standard InChI is InChI=1S/C23H27N5O2S/c1-16-14-18-8-3-4-10-20(18)28(16)21(29)17(2)31-23-25-24-22(26-11-5-6-12-26)27(23)15-19-9-7-13-30-19/h3-4,7-10,13,16-17H,5-6,11-12,14-15H2,1-2H3/t16-,17-/m1/s1. The summed E-state index contributed by atoms with van der Waals surface area (Å²) in [6.07, 6.45) is 4.90. The van der Waals surface area contributed by atoms with Crippen LogP contribution in [0.2, 0.25) is 0 Å². The summed E-state index contributed by atoms with van der Waals surface area (Å²) < 4.78 is 7.67. The molecule has 3 aromatic rings. The predicted octanol–water partition coefficient (Wildman–Crippen LogP) is 3.98. The number of hydrogen-bond donors (Lipinski definition) is 0. The van der Waals surface area contributed by atoms with Crippen molar-refractivity contribution in [1.82, 2.24) is 14.8 Å². The minimum absolute atomic E-state index is 0.109. The van der Waals surface area contributed by atoms with Crippen molar-refractivity contribution in [2.24, 2.45) is 0 Å². The van der Waals surface area contributed by atoms with Crippen LogP contribution in [0, 0.1) is 0 Å². The summed E-state index contributed by atoms with van der Waals surface area (Å²) in [4.78, 5) is 17.6. The van der Waals surface area contributed by atoms with Gasteiger partial charge in [0.1, 0.15) is 5.76 Å². The average molecular weight is 438 g/mol. The Bertz CT molecular complexity index is 1060. The van der Waals surface area contributed by atoms with E-state index >= 15 is 0 Å². The number of rotatable bonds is 6. The molecule has 0 saturated carbocycles. The Morgan fingerprint density at radius 2 is 2.00 bits per heavy atom. The van der Waals surface area contributed by atoms with Gasteiger partial charge in [-0.1, -0.05) is 30.0 Å². The number of carbonyl (C=O) groups is 1. The first kappa shape index (κ1) is 20.2. The van der Waals surface area contributed by atoms with Crippen LogP contribution in [0.1, 0.15) is 38.0 Å². The van der Waals surface area contributed by atoms with E-state index in [9.17, 15) is 4.79 Å². The number of anilines is 2. The molecule has 1 amide bonds. The van der Waals surface area contributed by atoms with E-state index in [-0.39, 0.29) is 17.2 Å². The lowest BCUT2D eigenvalue weighted by molar-refractivity contribution is -0.118. The highest BCUT2D eigenvalue weighted by Gasteiger charge is 2.34. The van der Waals surface area contributed by atoms with Crippen molar-refractivity contribution in [3.8, 4) is 0 Å². The lowest BCUT2D eigenvalue weighted by Crippen LogP contribution is -2.40. The van der Waals surface area contributed by atoms with Gasteiger partial charge in [-0.05, 0) is 56.9 Å². The van der Waals surface area contributed by atoms with Crippen LogP contribution in [0.25, 0.3) is 0 Å². The van der Waals surface area contributed by atoms with Gasteiger partial charge in [0.15, 0.2) is 5.16 Å². The molecule has 0 aliphatic carbocycles. The molecule has 0 radical (unpaired) electrons. The summed E-state index contributed by atoms with van der Waals surface area (Å²) in [5, 5.41) is 9.44. The topological polar surface area (TPSA) is 67.4 Å². The smallest absolute Gasteiger partial charge is 0.240 e. The van der Waals surface area contributed by atoms with Crippen LogP contribution < -0.4 is 9.80 Å². The zero-order valence-corrected chi connectivity index (χ0v) is 18.7.